The number of aryl methyl sites for hydroxylation is 2. The third-order valence-corrected chi connectivity index (χ3v) is 5.76. The van der Waals surface area contributed by atoms with E-state index in [1.165, 1.54) is 23.1 Å². The molecule has 1 aromatic rings. The van der Waals surface area contributed by atoms with Crippen molar-refractivity contribution < 1.29 is 14.9 Å². The van der Waals surface area contributed by atoms with Crippen molar-refractivity contribution in [2.45, 2.75) is 63.7 Å². The van der Waals surface area contributed by atoms with Gasteiger partial charge in [-0.15, -0.1) is 0 Å². The predicted molar refractivity (Wildman–Crippen MR) is 95.1 cm³/mol. The fourth-order valence-corrected chi connectivity index (χ4v) is 4.12. The molecule has 4 heteroatoms. The van der Waals surface area contributed by atoms with Gasteiger partial charge in [-0.1, -0.05) is 18.2 Å². The number of hydrogen-bond donors (Lipinski definition) is 2. The first-order valence-corrected chi connectivity index (χ1v) is 9.26. The van der Waals surface area contributed by atoms with Gasteiger partial charge < -0.3 is 14.9 Å². The molecule has 0 amide bonds. The number of likely N-dealkylation sites (tertiary alicyclic amines) is 1. The van der Waals surface area contributed by atoms with Gasteiger partial charge in [0.25, 0.3) is 0 Å². The number of rotatable bonds is 5. The van der Waals surface area contributed by atoms with Crippen molar-refractivity contribution in [2.75, 3.05) is 26.3 Å². The smallest absolute Gasteiger partial charge is 0.0716 e. The normalized spacial score (nSPS) is 25.8. The van der Waals surface area contributed by atoms with E-state index in [1.54, 1.807) is 0 Å². The van der Waals surface area contributed by atoms with Crippen molar-refractivity contribution >= 4 is 0 Å². The lowest BCUT2D eigenvalue weighted by Gasteiger charge is -2.35. The maximum Gasteiger partial charge on any atom is 0.0716 e. The fourth-order valence-electron chi connectivity index (χ4n) is 4.12. The van der Waals surface area contributed by atoms with Crippen molar-refractivity contribution in [1.29, 1.82) is 0 Å². The molecule has 4 nitrogen and oxygen atoms in total. The second-order valence-corrected chi connectivity index (χ2v) is 7.69. The van der Waals surface area contributed by atoms with Crippen LogP contribution in [0.4, 0.5) is 0 Å². The largest absolute Gasteiger partial charge is 0.392 e. The summed E-state index contributed by atoms with van der Waals surface area (Å²) in [6.45, 7) is 7.16. The van der Waals surface area contributed by atoms with Crippen LogP contribution in [0.1, 0.15) is 54.8 Å². The van der Waals surface area contributed by atoms with Gasteiger partial charge in [0.1, 0.15) is 0 Å². The van der Waals surface area contributed by atoms with Crippen molar-refractivity contribution in [3.63, 3.8) is 0 Å². The lowest BCUT2D eigenvalue weighted by atomic mass is 9.88. The van der Waals surface area contributed by atoms with Crippen molar-refractivity contribution in [3.05, 3.63) is 34.9 Å². The van der Waals surface area contributed by atoms with Crippen LogP contribution in [0.25, 0.3) is 0 Å². The Morgan fingerprint density at radius 3 is 2.71 bits per heavy atom. The monoisotopic (exact) mass is 333 g/mol. The van der Waals surface area contributed by atoms with E-state index in [2.05, 4.69) is 36.9 Å². The summed E-state index contributed by atoms with van der Waals surface area (Å²) < 4.78 is 5.32. The van der Waals surface area contributed by atoms with Gasteiger partial charge in [0.05, 0.1) is 11.7 Å². The molecular weight excluding hydrogens is 302 g/mol. The molecule has 2 atom stereocenters. The molecule has 0 radical (unpaired) electrons. The van der Waals surface area contributed by atoms with Crippen LogP contribution in [0.3, 0.4) is 0 Å². The molecule has 134 valence electrons. The summed E-state index contributed by atoms with van der Waals surface area (Å²) in [5.41, 5.74) is 3.25. The Labute approximate surface area is 145 Å². The molecule has 0 aliphatic carbocycles. The first kappa shape index (κ1) is 17.9. The highest BCUT2D eigenvalue weighted by Gasteiger charge is 2.34. The highest BCUT2D eigenvalue weighted by molar-refractivity contribution is 5.32. The lowest BCUT2D eigenvalue weighted by Crippen LogP contribution is -2.42. The van der Waals surface area contributed by atoms with Crippen LogP contribution in [-0.4, -0.2) is 53.1 Å². The van der Waals surface area contributed by atoms with Crippen LogP contribution < -0.4 is 0 Å². The van der Waals surface area contributed by atoms with Gasteiger partial charge in [-0.3, -0.25) is 4.90 Å². The fraction of sp³-hybridized carbons (Fsp3) is 0.700. The minimum absolute atomic E-state index is 0.392. The van der Waals surface area contributed by atoms with Gasteiger partial charge in [0, 0.05) is 32.2 Å². The summed E-state index contributed by atoms with van der Waals surface area (Å²) in [5.74, 6) is 0. The van der Waals surface area contributed by atoms with Crippen LogP contribution in [0.2, 0.25) is 0 Å². The van der Waals surface area contributed by atoms with E-state index in [4.69, 9.17) is 4.74 Å². The minimum Gasteiger partial charge on any atom is -0.392 e. The number of aliphatic hydroxyl groups excluding tert-OH is 1. The van der Waals surface area contributed by atoms with E-state index in [0.717, 1.165) is 13.0 Å². The van der Waals surface area contributed by atoms with E-state index in [-0.39, 0.29) is 0 Å². The zero-order chi connectivity index (χ0) is 17.2. The molecule has 0 saturated carbocycles. The molecule has 2 unspecified atom stereocenters. The quantitative estimate of drug-likeness (QED) is 0.870. The Hall–Kier alpha value is -0.940. The molecule has 1 aromatic carbocycles. The average molecular weight is 333 g/mol. The molecule has 3 rings (SSSR count). The summed E-state index contributed by atoms with van der Waals surface area (Å²) >= 11 is 0. The Morgan fingerprint density at radius 1 is 1.25 bits per heavy atom. The van der Waals surface area contributed by atoms with Crippen LogP contribution in [0, 0.1) is 13.8 Å². The number of β-amino-alcohol motifs (C(OH)–C–C–N with tert-alkyl or cyclic N) is 1. The Kier molecular flexibility index (Phi) is 5.60. The zero-order valence-corrected chi connectivity index (χ0v) is 15.0. The SMILES string of the molecule is Cc1ccc(C2CCCN2CC(O)CC2(O)CCOCC2)cc1C. The van der Waals surface area contributed by atoms with Gasteiger partial charge in [0.2, 0.25) is 0 Å². The van der Waals surface area contributed by atoms with E-state index < -0.39 is 11.7 Å². The van der Waals surface area contributed by atoms with Gasteiger partial charge in [-0.05, 0) is 62.8 Å². The molecule has 24 heavy (non-hydrogen) atoms. The third-order valence-electron chi connectivity index (χ3n) is 5.76. The van der Waals surface area contributed by atoms with E-state index in [9.17, 15) is 10.2 Å². The summed E-state index contributed by atoms with van der Waals surface area (Å²) in [6.07, 6.45) is 3.54. The van der Waals surface area contributed by atoms with Crippen molar-refractivity contribution in [1.82, 2.24) is 4.90 Å². The van der Waals surface area contributed by atoms with E-state index in [0.29, 0.717) is 45.1 Å². The number of aliphatic hydroxyl groups is 2. The van der Waals surface area contributed by atoms with Crippen LogP contribution in [0.5, 0.6) is 0 Å². The van der Waals surface area contributed by atoms with Crippen LogP contribution in [-0.2, 0) is 4.74 Å². The zero-order valence-electron chi connectivity index (χ0n) is 15.0. The Bertz CT molecular complexity index is 554. The molecule has 0 aromatic heterocycles. The molecule has 0 bridgehead atoms. The standard InChI is InChI=1S/C20H31NO3/c1-15-5-6-17(12-16(15)2)19-4-3-9-21(19)14-18(22)13-20(23)7-10-24-11-8-20/h5-6,12,18-19,22-23H,3-4,7-11,13-14H2,1-2H3. The first-order chi connectivity index (χ1) is 11.5. The van der Waals surface area contributed by atoms with Crippen LogP contribution >= 0.6 is 0 Å². The van der Waals surface area contributed by atoms with E-state index >= 15 is 0 Å². The number of nitrogens with zero attached hydrogens (tertiary/aromatic N) is 1. The van der Waals surface area contributed by atoms with Gasteiger partial charge in [0.15, 0.2) is 0 Å². The number of ether oxygens (including phenoxy) is 1. The third kappa shape index (κ3) is 4.17. The molecule has 2 aliphatic heterocycles. The molecule has 0 spiro atoms. The second kappa shape index (κ2) is 7.52. The molecule has 2 aliphatic rings. The maximum atomic E-state index is 10.6. The van der Waals surface area contributed by atoms with Gasteiger partial charge in [-0.25, -0.2) is 0 Å². The predicted octanol–water partition coefficient (Wildman–Crippen LogP) is 2.73. The first-order valence-electron chi connectivity index (χ1n) is 9.26. The van der Waals surface area contributed by atoms with Gasteiger partial charge in [-0.2, -0.15) is 0 Å². The van der Waals surface area contributed by atoms with E-state index in [1.807, 2.05) is 0 Å². The highest BCUT2D eigenvalue weighted by atomic mass is 16.5. The maximum absolute atomic E-state index is 10.6. The molecular formula is C20H31NO3. The van der Waals surface area contributed by atoms with Crippen LogP contribution in [0.15, 0.2) is 18.2 Å². The summed E-state index contributed by atoms with van der Waals surface area (Å²) in [4.78, 5) is 2.39. The molecule has 2 fully saturated rings. The van der Waals surface area contributed by atoms with Crippen molar-refractivity contribution in [3.8, 4) is 0 Å². The summed E-state index contributed by atoms with van der Waals surface area (Å²) in [6, 6.07) is 7.10. The molecule has 2 N–H and O–H groups in total. The molecule has 2 heterocycles. The second-order valence-electron chi connectivity index (χ2n) is 7.69. The lowest BCUT2D eigenvalue weighted by molar-refractivity contribution is -0.0897. The topological polar surface area (TPSA) is 52.9 Å². The summed E-state index contributed by atoms with van der Waals surface area (Å²) in [7, 11) is 0. The Morgan fingerprint density at radius 2 is 2.00 bits per heavy atom. The van der Waals surface area contributed by atoms with Gasteiger partial charge >= 0.3 is 0 Å². The van der Waals surface area contributed by atoms with Crippen molar-refractivity contribution in [2.24, 2.45) is 0 Å². The average Bonchev–Trinajstić information content (AvgIpc) is 2.98. The number of hydrogen-bond acceptors (Lipinski definition) is 4. The highest BCUT2D eigenvalue weighted by Crippen LogP contribution is 2.34. The summed E-state index contributed by atoms with van der Waals surface area (Å²) in [5, 5.41) is 21.2. The number of benzene rings is 1. The minimum atomic E-state index is -0.757. The Balaban J connectivity index is 1.61. The molecule has 2 saturated heterocycles.